The number of benzene rings is 1. The summed E-state index contributed by atoms with van der Waals surface area (Å²) in [5.41, 5.74) is 0.972. The van der Waals surface area contributed by atoms with Gasteiger partial charge < -0.3 is 19.7 Å². The first-order chi connectivity index (χ1) is 9.74. The lowest BCUT2D eigenvalue weighted by molar-refractivity contribution is -0.131. The van der Waals surface area contributed by atoms with Crippen LogP contribution in [0.4, 0.5) is 0 Å². The summed E-state index contributed by atoms with van der Waals surface area (Å²) in [6.45, 7) is 2.25. The quantitative estimate of drug-likeness (QED) is 0.921. The molecule has 116 valence electrons. The van der Waals surface area contributed by atoms with Gasteiger partial charge in [-0.25, -0.2) is 0 Å². The molecule has 1 aromatic rings. The van der Waals surface area contributed by atoms with Gasteiger partial charge in [0.2, 0.25) is 12.7 Å². The Balaban J connectivity index is 0.00000161. The Morgan fingerprint density at radius 3 is 2.76 bits per heavy atom. The average molecular weight is 313 g/mol. The van der Waals surface area contributed by atoms with Crippen LogP contribution in [0.5, 0.6) is 11.5 Å². The molecule has 21 heavy (non-hydrogen) atoms. The number of halogens is 1. The number of ether oxygens (including phenoxy) is 2. The highest BCUT2D eigenvalue weighted by Gasteiger charge is 2.22. The van der Waals surface area contributed by atoms with Crippen molar-refractivity contribution in [2.45, 2.75) is 25.3 Å². The van der Waals surface area contributed by atoms with Gasteiger partial charge in [0.05, 0.1) is 6.42 Å². The van der Waals surface area contributed by atoms with Crippen molar-refractivity contribution in [3.63, 3.8) is 0 Å². The minimum Gasteiger partial charge on any atom is -0.454 e. The third-order valence-electron chi connectivity index (χ3n) is 4.04. The second-order valence-corrected chi connectivity index (χ2v) is 5.35. The maximum atomic E-state index is 12.3. The number of fused-ring (bicyclic) bond motifs is 1. The van der Waals surface area contributed by atoms with E-state index in [9.17, 15) is 4.79 Å². The van der Waals surface area contributed by atoms with E-state index in [1.54, 1.807) is 0 Å². The first kappa shape index (κ1) is 15.9. The highest BCUT2D eigenvalue weighted by molar-refractivity contribution is 5.85. The second kappa shape index (κ2) is 7.00. The molecule has 2 aliphatic heterocycles. The zero-order valence-corrected chi connectivity index (χ0v) is 12.9. The van der Waals surface area contributed by atoms with Gasteiger partial charge in [0.25, 0.3) is 0 Å². The Morgan fingerprint density at radius 1 is 1.29 bits per heavy atom. The van der Waals surface area contributed by atoms with Gasteiger partial charge in [-0.05, 0) is 43.6 Å². The number of nitrogens with one attached hydrogen (secondary N) is 1. The number of hydrogen-bond donors (Lipinski definition) is 1. The monoisotopic (exact) mass is 312 g/mol. The third kappa shape index (κ3) is 3.60. The molecule has 0 spiro atoms. The molecule has 1 aromatic carbocycles. The fraction of sp³-hybridized carbons (Fsp3) is 0.533. The van der Waals surface area contributed by atoms with Crippen molar-refractivity contribution < 1.29 is 14.3 Å². The van der Waals surface area contributed by atoms with Gasteiger partial charge in [0.15, 0.2) is 11.5 Å². The molecular weight excluding hydrogens is 292 g/mol. The van der Waals surface area contributed by atoms with E-state index in [1.165, 1.54) is 0 Å². The molecule has 5 nitrogen and oxygen atoms in total. The standard InChI is InChI=1S/C15H20N2O3.ClH/c1-17(12-4-6-16-7-5-12)15(18)9-11-2-3-13-14(8-11)20-10-19-13;/h2-3,8,12,16H,4-7,9-10H2,1H3;1H. The fourth-order valence-corrected chi connectivity index (χ4v) is 2.75. The lowest BCUT2D eigenvalue weighted by Gasteiger charge is -2.31. The van der Waals surface area contributed by atoms with E-state index in [2.05, 4.69) is 5.32 Å². The summed E-state index contributed by atoms with van der Waals surface area (Å²) in [4.78, 5) is 14.2. The van der Waals surface area contributed by atoms with Crippen molar-refractivity contribution in [3.8, 4) is 11.5 Å². The molecule has 1 fully saturated rings. The first-order valence-electron chi connectivity index (χ1n) is 7.09. The highest BCUT2D eigenvalue weighted by Crippen LogP contribution is 2.32. The summed E-state index contributed by atoms with van der Waals surface area (Å²) in [7, 11) is 1.91. The molecule has 2 aliphatic rings. The van der Waals surface area contributed by atoms with Crippen LogP contribution < -0.4 is 14.8 Å². The molecule has 0 atom stereocenters. The molecular formula is C15H21ClN2O3. The molecule has 1 amide bonds. The third-order valence-corrected chi connectivity index (χ3v) is 4.04. The molecule has 2 heterocycles. The van der Waals surface area contributed by atoms with Gasteiger partial charge in [-0.3, -0.25) is 4.79 Å². The van der Waals surface area contributed by atoms with Crippen LogP contribution in [0.1, 0.15) is 18.4 Å². The molecule has 0 aromatic heterocycles. The molecule has 0 unspecified atom stereocenters. The Hall–Kier alpha value is -1.46. The topological polar surface area (TPSA) is 50.8 Å². The number of likely N-dealkylation sites (N-methyl/N-ethyl adjacent to an activating group) is 1. The summed E-state index contributed by atoms with van der Waals surface area (Å²) in [5, 5.41) is 3.32. The van der Waals surface area contributed by atoms with Gasteiger partial charge >= 0.3 is 0 Å². The van der Waals surface area contributed by atoms with Crippen molar-refractivity contribution in [2.75, 3.05) is 26.9 Å². The Morgan fingerprint density at radius 2 is 2.00 bits per heavy atom. The lowest BCUT2D eigenvalue weighted by Crippen LogP contribution is -2.44. The van der Waals surface area contributed by atoms with Crippen molar-refractivity contribution in [3.05, 3.63) is 23.8 Å². The van der Waals surface area contributed by atoms with E-state index < -0.39 is 0 Å². The zero-order chi connectivity index (χ0) is 13.9. The Labute approximate surface area is 131 Å². The van der Waals surface area contributed by atoms with E-state index in [0.29, 0.717) is 12.5 Å². The van der Waals surface area contributed by atoms with Crippen molar-refractivity contribution in [1.29, 1.82) is 0 Å². The average Bonchev–Trinajstić information content (AvgIpc) is 2.95. The van der Waals surface area contributed by atoms with Crippen molar-refractivity contribution in [1.82, 2.24) is 10.2 Å². The summed E-state index contributed by atoms with van der Waals surface area (Å²) in [5.74, 6) is 1.66. The summed E-state index contributed by atoms with van der Waals surface area (Å²) < 4.78 is 10.6. The number of piperidine rings is 1. The van der Waals surface area contributed by atoms with Crippen LogP contribution in [0, 0.1) is 0 Å². The van der Waals surface area contributed by atoms with E-state index in [-0.39, 0.29) is 25.1 Å². The predicted molar refractivity (Wildman–Crippen MR) is 82.2 cm³/mol. The van der Waals surface area contributed by atoms with E-state index in [1.807, 2.05) is 30.1 Å². The smallest absolute Gasteiger partial charge is 0.231 e. The van der Waals surface area contributed by atoms with Gasteiger partial charge in [-0.15, -0.1) is 12.4 Å². The highest BCUT2D eigenvalue weighted by atomic mass is 35.5. The number of rotatable bonds is 3. The van der Waals surface area contributed by atoms with Crippen LogP contribution in [0.3, 0.4) is 0 Å². The van der Waals surface area contributed by atoms with Crippen LogP contribution in [-0.4, -0.2) is 43.8 Å². The van der Waals surface area contributed by atoms with Crippen molar-refractivity contribution in [2.24, 2.45) is 0 Å². The molecule has 1 saturated heterocycles. The maximum absolute atomic E-state index is 12.3. The summed E-state index contributed by atoms with van der Waals surface area (Å²) in [6, 6.07) is 6.06. The second-order valence-electron chi connectivity index (χ2n) is 5.35. The normalized spacial score (nSPS) is 17.2. The maximum Gasteiger partial charge on any atom is 0.231 e. The van der Waals surface area contributed by atoms with Crippen LogP contribution in [0.25, 0.3) is 0 Å². The molecule has 6 heteroatoms. The number of nitrogens with zero attached hydrogens (tertiary/aromatic N) is 1. The Kier molecular flexibility index (Phi) is 5.31. The van der Waals surface area contributed by atoms with Gasteiger partial charge in [-0.1, -0.05) is 6.07 Å². The van der Waals surface area contributed by atoms with Gasteiger partial charge in [0, 0.05) is 13.1 Å². The molecule has 0 radical (unpaired) electrons. The number of hydrogen-bond acceptors (Lipinski definition) is 4. The SMILES string of the molecule is CN(C(=O)Cc1ccc2c(c1)OCO2)C1CCNCC1.Cl. The Bertz CT molecular complexity index is 504. The zero-order valence-electron chi connectivity index (χ0n) is 12.1. The molecule has 0 aliphatic carbocycles. The van der Waals surface area contributed by atoms with Crippen molar-refractivity contribution >= 4 is 18.3 Å². The lowest BCUT2D eigenvalue weighted by atomic mass is 10.0. The van der Waals surface area contributed by atoms with E-state index >= 15 is 0 Å². The van der Waals surface area contributed by atoms with E-state index in [0.717, 1.165) is 43.0 Å². The van der Waals surface area contributed by atoms with Gasteiger partial charge in [0.1, 0.15) is 0 Å². The van der Waals surface area contributed by atoms with E-state index in [4.69, 9.17) is 9.47 Å². The molecule has 3 rings (SSSR count). The molecule has 1 N–H and O–H groups in total. The largest absolute Gasteiger partial charge is 0.454 e. The number of carbonyl (C=O) groups excluding carboxylic acids is 1. The fourth-order valence-electron chi connectivity index (χ4n) is 2.75. The molecule has 0 saturated carbocycles. The number of carbonyl (C=O) groups is 1. The van der Waals surface area contributed by atoms with Crippen LogP contribution >= 0.6 is 12.4 Å². The predicted octanol–water partition coefficient (Wildman–Crippen LogP) is 1.59. The van der Waals surface area contributed by atoms with Crippen LogP contribution in [-0.2, 0) is 11.2 Å². The van der Waals surface area contributed by atoms with Crippen LogP contribution in [0.2, 0.25) is 0 Å². The summed E-state index contributed by atoms with van der Waals surface area (Å²) >= 11 is 0. The number of amides is 1. The first-order valence-corrected chi connectivity index (χ1v) is 7.09. The minimum absolute atomic E-state index is 0. The van der Waals surface area contributed by atoms with Crippen LogP contribution in [0.15, 0.2) is 18.2 Å². The van der Waals surface area contributed by atoms with Gasteiger partial charge in [-0.2, -0.15) is 0 Å². The summed E-state index contributed by atoms with van der Waals surface area (Å²) in [6.07, 6.45) is 2.48. The minimum atomic E-state index is 0. The molecule has 0 bridgehead atoms.